The van der Waals surface area contributed by atoms with Crippen molar-refractivity contribution in [2.45, 2.75) is 17.7 Å². The van der Waals surface area contributed by atoms with E-state index in [2.05, 4.69) is 10.5 Å². The van der Waals surface area contributed by atoms with Crippen LogP contribution in [-0.2, 0) is 10.0 Å². The number of hydrogen-bond acceptors (Lipinski definition) is 7. The number of ether oxygens (including phenoxy) is 3. The molecule has 0 bridgehead atoms. The second kappa shape index (κ2) is 9.80. The monoisotopic (exact) mass is 447 g/mol. The van der Waals surface area contributed by atoms with Gasteiger partial charge in [0.25, 0.3) is 5.91 Å². The van der Waals surface area contributed by atoms with Gasteiger partial charge >= 0.3 is 0 Å². The van der Waals surface area contributed by atoms with E-state index in [-0.39, 0.29) is 10.5 Å². The summed E-state index contributed by atoms with van der Waals surface area (Å²) in [6.07, 6.45) is 3.07. The van der Waals surface area contributed by atoms with E-state index in [1.165, 1.54) is 56.1 Å². The van der Waals surface area contributed by atoms with E-state index in [0.29, 0.717) is 35.9 Å². The molecule has 9 nitrogen and oxygen atoms in total. The van der Waals surface area contributed by atoms with E-state index < -0.39 is 15.9 Å². The lowest BCUT2D eigenvalue weighted by Crippen LogP contribution is -2.28. The van der Waals surface area contributed by atoms with Crippen molar-refractivity contribution >= 4 is 22.1 Å². The van der Waals surface area contributed by atoms with Gasteiger partial charge in [-0.05, 0) is 31.0 Å². The summed E-state index contributed by atoms with van der Waals surface area (Å²) in [4.78, 5) is 12.6. The number of hydrazone groups is 1. The van der Waals surface area contributed by atoms with Crippen LogP contribution in [0.25, 0.3) is 0 Å². The first kappa shape index (κ1) is 22.6. The topological polar surface area (TPSA) is 107 Å². The van der Waals surface area contributed by atoms with Gasteiger partial charge in [-0.15, -0.1) is 0 Å². The molecule has 0 radical (unpaired) electrons. The lowest BCUT2D eigenvalue weighted by atomic mass is 10.2. The SMILES string of the molecule is COc1cc(OC)c(/C=N/NC(=O)c2cccc(S(=O)(=O)N3CCCC3)c2)c(OC)c1. The number of carbonyl (C=O) groups is 1. The predicted octanol–water partition coefficient (Wildman–Crippen LogP) is 2.26. The Labute approximate surface area is 181 Å². The number of benzene rings is 2. The van der Waals surface area contributed by atoms with Crippen LogP contribution in [0.1, 0.15) is 28.8 Å². The molecular formula is C21H25N3O6S. The fraction of sp³-hybridized carbons (Fsp3) is 0.333. The van der Waals surface area contributed by atoms with Gasteiger partial charge in [-0.3, -0.25) is 4.79 Å². The molecule has 3 rings (SSSR count). The largest absolute Gasteiger partial charge is 0.496 e. The zero-order valence-electron chi connectivity index (χ0n) is 17.6. The number of hydrogen-bond donors (Lipinski definition) is 1. The molecule has 1 saturated heterocycles. The second-order valence-corrected chi connectivity index (χ2v) is 8.72. The van der Waals surface area contributed by atoms with Crippen LogP contribution in [0.5, 0.6) is 17.2 Å². The first-order valence-electron chi connectivity index (χ1n) is 9.64. The molecule has 1 N–H and O–H groups in total. The highest BCUT2D eigenvalue weighted by Crippen LogP contribution is 2.32. The van der Waals surface area contributed by atoms with Crippen molar-refractivity contribution in [3.8, 4) is 17.2 Å². The third-order valence-electron chi connectivity index (χ3n) is 4.91. The second-order valence-electron chi connectivity index (χ2n) is 6.78. The highest BCUT2D eigenvalue weighted by molar-refractivity contribution is 7.89. The lowest BCUT2D eigenvalue weighted by molar-refractivity contribution is 0.0955. The van der Waals surface area contributed by atoms with Crippen molar-refractivity contribution in [2.75, 3.05) is 34.4 Å². The average Bonchev–Trinajstić information content (AvgIpc) is 3.34. The molecule has 1 fully saturated rings. The smallest absolute Gasteiger partial charge is 0.271 e. The van der Waals surface area contributed by atoms with Crippen LogP contribution in [0.4, 0.5) is 0 Å². The van der Waals surface area contributed by atoms with Crippen LogP contribution in [-0.4, -0.2) is 59.3 Å². The molecule has 2 aromatic carbocycles. The highest BCUT2D eigenvalue weighted by Gasteiger charge is 2.27. The Morgan fingerprint density at radius 2 is 1.68 bits per heavy atom. The molecule has 0 unspecified atom stereocenters. The lowest BCUT2D eigenvalue weighted by Gasteiger charge is -2.15. The summed E-state index contributed by atoms with van der Waals surface area (Å²) in [5.74, 6) is 0.910. The van der Waals surface area contributed by atoms with Crippen molar-refractivity contribution in [3.05, 3.63) is 47.5 Å². The number of amides is 1. The van der Waals surface area contributed by atoms with Gasteiger partial charge in [0.2, 0.25) is 10.0 Å². The van der Waals surface area contributed by atoms with Gasteiger partial charge in [0.1, 0.15) is 17.2 Å². The molecule has 1 amide bonds. The van der Waals surface area contributed by atoms with Crippen LogP contribution in [0.2, 0.25) is 0 Å². The van der Waals surface area contributed by atoms with Gasteiger partial charge in [-0.1, -0.05) is 6.07 Å². The standard InChI is InChI=1S/C21H25N3O6S/c1-28-16-12-19(29-2)18(20(13-16)30-3)14-22-23-21(25)15-7-6-8-17(11-15)31(26,27)24-9-4-5-10-24/h6-8,11-14H,4-5,9-10H2,1-3H3,(H,23,25)/b22-14+. The van der Waals surface area contributed by atoms with Crippen molar-refractivity contribution < 1.29 is 27.4 Å². The molecule has 1 aliphatic rings. The summed E-state index contributed by atoms with van der Waals surface area (Å²) in [6.45, 7) is 0.989. The molecule has 2 aromatic rings. The van der Waals surface area contributed by atoms with E-state index in [0.717, 1.165) is 12.8 Å². The highest BCUT2D eigenvalue weighted by atomic mass is 32.2. The third kappa shape index (κ3) is 4.97. The zero-order chi connectivity index (χ0) is 22.4. The fourth-order valence-corrected chi connectivity index (χ4v) is 4.82. The van der Waals surface area contributed by atoms with Crippen LogP contribution < -0.4 is 19.6 Å². The zero-order valence-corrected chi connectivity index (χ0v) is 18.4. The number of rotatable bonds is 8. The van der Waals surface area contributed by atoms with Crippen LogP contribution in [0.3, 0.4) is 0 Å². The normalized spacial score (nSPS) is 14.5. The number of carbonyl (C=O) groups excluding carboxylic acids is 1. The molecule has 31 heavy (non-hydrogen) atoms. The Bertz CT molecular complexity index is 1050. The molecule has 0 spiro atoms. The van der Waals surface area contributed by atoms with Crippen LogP contribution >= 0.6 is 0 Å². The van der Waals surface area contributed by atoms with E-state index in [4.69, 9.17) is 14.2 Å². The van der Waals surface area contributed by atoms with Gasteiger partial charge in [-0.25, -0.2) is 13.8 Å². The Kier molecular flexibility index (Phi) is 7.13. The van der Waals surface area contributed by atoms with Gasteiger partial charge in [0, 0.05) is 30.8 Å². The molecule has 166 valence electrons. The van der Waals surface area contributed by atoms with E-state index in [1.807, 2.05) is 0 Å². The summed E-state index contributed by atoms with van der Waals surface area (Å²) >= 11 is 0. The average molecular weight is 448 g/mol. The number of methoxy groups -OCH3 is 3. The van der Waals surface area contributed by atoms with Crippen molar-refractivity contribution in [1.29, 1.82) is 0 Å². The van der Waals surface area contributed by atoms with Gasteiger partial charge in [-0.2, -0.15) is 9.41 Å². The maximum absolute atomic E-state index is 12.7. The minimum absolute atomic E-state index is 0.0875. The van der Waals surface area contributed by atoms with Crippen molar-refractivity contribution in [2.24, 2.45) is 5.10 Å². The fourth-order valence-electron chi connectivity index (χ4n) is 3.26. The third-order valence-corrected chi connectivity index (χ3v) is 6.81. The summed E-state index contributed by atoms with van der Waals surface area (Å²) < 4.78 is 42.8. The molecule has 1 aliphatic heterocycles. The van der Waals surface area contributed by atoms with Crippen molar-refractivity contribution in [1.82, 2.24) is 9.73 Å². The Hall–Kier alpha value is -3.11. The maximum Gasteiger partial charge on any atom is 0.271 e. The van der Waals surface area contributed by atoms with E-state index in [9.17, 15) is 13.2 Å². The Morgan fingerprint density at radius 1 is 1.03 bits per heavy atom. The van der Waals surface area contributed by atoms with Gasteiger partial charge in [0.15, 0.2) is 0 Å². The van der Waals surface area contributed by atoms with Crippen molar-refractivity contribution in [3.63, 3.8) is 0 Å². The maximum atomic E-state index is 12.7. The summed E-state index contributed by atoms with van der Waals surface area (Å²) in [5, 5.41) is 3.97. The molecular weight excluding hydrogens is 422 g/mol. The molecule has 0 aliphatic carbocycles. The molecule has 10 heteroatoms. The first-order chi connectivity index (χ1) is 14.9. The summed E-state index contributed by atoms with van der Waals surface area (Å²) in [7, 11) is 0.908. The van der Waals surface area contributed by atoms with Crippen LogP contribution in [0, 0.1) is 0 Å². The van der Waals surface area contributed by atoms with Crippen LogP contribution in [0.15, 0.2) is 46.4 Å². The number of nitrogens with zero attached hydrogens (tertiary/aromatic N) is 2. The molecule has 0 atom stereocenters. The Balaban J connectivity index is 1.78. The Morgan fingerprint density at radius 3 is 2.26 bits per heavy atom. The molecule has 0 saturated carbocycles. The number of sulfonamides is 1. The van der Waals surface area contributed by atoms with E-state index >= 15 is 0 Å². The quantitative estimate of drug-likeness (QED) is 0.491. The van der Waals surface area contributed by atoms with Gasteiger partial charge < -0.3 is 14.2 Å². The minimum atomic E-state index is -3.61. The molecule has 1 heterocycles. The minimum Gasteiger partial charge on any atom is -0.496 e. The summed E-state index contributed by atoms with van der Waals surface area (Å²) in [6, 6.07) is 9.24. The predicted molar refractivity (Wildman–Crippen MR) is 116 cm³/mol. The first-order valence-corrected chi connectivity index (χ1v) is 11.1. The van der Waals surface area contributed by atoms with E-state index in [1.54, 1.807) is 12.1 Å². The number of nitrogens with one attached hydrogen (secondary N) is 1. The molecule has 0 aromatic heterocycles. The van der Waals surface area contributed by atoms with Gasteiger partial charge in [0.05, 0.1) is 38.0 Å². The summed E-state index contributed by atoms with van der Waals surface area (Å²) in [5.41, 5.74) is 3.10.